The van der Waals surface area contributed by atoms with Crippen LogP contribution in [0.2, 0.25) is 5.02 Å². The van der Waals surface area contributed by atoms with E-state index in [1.807, 2.05) is 24.8 Å². The molecule has 10 heteroatoms. The Balaban J connectivity index is 0.00000249. The summed E-state index contributed by atoms with van der Waals surface area (Å²) in [5, 5.41) is 2.79. The number of nitrogens with two attached hydrogens (primary N) is 1. The molecule has 180 valence electrons. The van der Waals surface area contributed by atoms with E-state index in [0.717, 1.165) is 24.1 Å². The maximum atomic E-state index is 12.7. The Morgan fingerprint density at radius 3 is 2.28 bits per heavy atom. The number of benzene rings is 1. The molecule has 0 heterocycles. The monoisotopic (exact) mass is 597 g/mol. The number of hydrogen-bond donors (Lipinski definition) is 2. The molecular weight excluding hydrogens is 565 g/mol. The Hall–Kier alpha value is -1.33. The molecule has 1 fully saturated rings. The summed E-state index contributed by atoms with van der Waals surface area (Å²) in [6.07, 6.45) is 4.08. The third kappa shape index (κ3) is 7.62. The van der Waals surface area contributed by atoms with Crippen LogP contribution in [0.4, 0.5) is 5.69 Å². The average molecular weight is 598 g/mol. The van der Waals surface area contributed by atoms with Crippen molar-refractivity contribution in [1.82, 2.24) is 5.32 Å². The Kier molecular flexibility index (Phi) is 11.5. The second-order valence-electron chi connectivity index (χ2n) is 7.79. The van der Waals surface area contributed by atoms with Crippen LogP contribution in [0, 0.1) is 6.92 Å². The van der Waals surface area contributed by atoms with Crippen molar-refractivity contribution in [1.29, 1.82) is 0 Å². The van der Waals surface area contributed by atoms with Crippen molar-refractivity contribution in [2.24, 2.45) is 5.73 Å². The second-order valence-corrected chi connectivity index (χ2v) is 10.6. The van der Waals surface area contributed by atoms with Crippen molar-refractivity contribution in [3.63, 3.8) is 0 Å². The number of hydrogen-bond acceptors (Lipinski definition) is 5. The van der Waals surface area contributed by atoms with Gasteiger partial charge in [-0.15, -0.1) is 0 Å². The van der Waals surface area contributed by atoms with Gasteiger partial charge in [0.1, 0.15) is 9.84 Å². The molecule has 1 aromatic rings. The lowest BCUT2D eigenvalue weighted by molar-refractivity contribution is -0.114. The van der Waals surface area contributed by atoms with Crippen LogP contribution in [-0.4, -0.2) is 55.8 Å². The second kappa shape index (κ2) is 12.8. The summed E-state index contributed by atoms with van der Waals surface area (Å²) in [5.41, 5.74) is 7.31. The van der Waals surface area contributed by atoms with Crippen LogP contribution in [0.3, 0.4) is 0 Å². The molecule has 1 aromatic carbocycles. The first-order valence-corrected chi connectivity index (χ1v) is 14.8. The number of carbonyl (C=O) groups excluding carboxylic acids is 2. The first-order valence-electron chi connectivity index (χ1n) is 10.3. The van der Waals surface area contributed by atoms with Crippen molar-refractivity contribution in [2.45, 2.75) is 50.8 Å². The lowest BCUT2D eigenvalue weighted by atomic mass is 9.92. The molecule has 1 aliphatic rings. The van der Waals surface area contributed by atoms with Gasteiger partial charge in [0.15, 0.2) is 0 Å². The highest BCUT2D eigenvalue weighted by atomic mass is 127. The van der Waals surface area contributed by atoms with E-state index in [1.54, 1.807) is 6.07 Å². The van der Waals surface area contributed by atoms with Crippen molar-refractivity contribution in [3.05, 3.63) is 40.4 Å². The summed E-state index contributed by atoms with van der Waals surface area (Å²) in [7, 11) is -3.03. The quantitative estimate of drug-likeness (QED) is 0.270. The average Bonchev–Trinajstić information content (AvgIpc) is 2.75. The maximum absolute atomic E-state index is 12.7. The molecular formula is C22H33ClIN3O4S. The van der Waals surface area contributed by atoms with E-state index in [1.165, 1.54) is 6.26 Å². The molecule has 0 aliphatic heterocycles. The smallest absolute Gasteiger partial charge is 0.251 e. The molecule has 0 aromatic heterocycles. The van der Waals surface area contributed by atoms with Gasteiger partial charge < -0.3 is 16.0 Å². The number of nitrogens with zero attached hydrogens (tertiary/aromatic N) is 1. The van der Waals surface area contributed by atoms with E-state index in [-0.39, 0.29) is 29.3 Å². The molecule has 2 amide bonds. The molecule has 7 nitrogen and oxygen atoms in total. The highest BCUT2D eigenvalue weighted by Gasteiger charge is 2.31. The van der Waals surface area contributed by atoms with E-state index in [2.05, 4.69) is 39.4 Å². The third-order valence-corrected chi connectivity index (χ3v) is 7.64. The van der Waals surface area contributed by atoms with Gasteiger partial charge in [0.05, 0.1) is 5.25 Å². The molecule has 0 saturated heterocycles. The molecule has 32 heavy (non-hydrogen) atoms. The van der Waals surface area contributed by atoms with Crippen LogP contribution in [0.1, 0.15) is 48.5 Å². The number of halogens is 2. The Morgan fingerprint density at radius 1 is 1.25 bits per heavy atom. The highest BCUT2D eigenvalue weighted by Crippen LogP contribution is 2.34. The normalized spacial score (nSPS) is 18.2. The van der Waals surface area contributed by atoms with Gasteiger partial charge in [0.2, 0.25) is 5.91 Å². The minimum absolute atomic E-state index is 0.0392. The number of nitrogens with one attached hydrogen (secondary N) is 1. The minimum Gasteiger partial charge on any atom is -0.369 e. The van der Waals surface area contributed by atoms with E-state index < -0.39 is 15.7 Å². The summed E-state index contributed by atoms with van der Waals surface area (Å²) in [6, 6.07) is 3.61. The fourth-order valence-corrected chi connectivity index (χ4v) is 5.32. The number of rotatable bonds is 8. The third-order valence-electron chi connectivity index (χ3n) is 5.74. The van der Waals surface area contributed by atoms with Gasteiger partial charge in [-0.25, -0.2) is 8.42 Å². The van der Waals surface area contributed by atoms with Gasteiger partial charge in [-0.3, -0.25) is 9.59 Å². The predicted molar refractivity (Wildman–Crippen MR) is 141 cm³/mol. The van der Waals surface area contributed by atoms with Crippen molar-refractivity contribution in [2.75, 3.05) is 29.2 Å². The first kappa shape index (κ1) is 28.7. The number of carbonyl (C=O) groups is 2. The van der Waals surface area contributed by atoms with Crippen LogP contribution in [0.25, 0.3) is 0 Å². The number of alkyl halides is 1. The number of anilines is 1. The molecule has 3 N–H and O–H groups in total. The van der Waals surface area contributed by atoms with Crippen LogP contribution in [-0.2, 0) is 14.6 Å². The minimum atomic E-state index is -3.03. The van der Waals surface area contributed by atoms with E-state index in [9.17, 15) is 18.0 Å². The summed E-state index contributed by atoms with van der Waals surface area (Å²) >= 11 is 8.47. The summed E-state index contributed by atoms with van der Waals surface area (Å²) < 4.78 is 23.7. The van der Waals surface area contributed by atoms with Gasteiger partial charge in [0, 0.05) is 47.2 Å². The van der Waals surface area contributed by atoms with Gasteiger partial charge in [-0.1, -0.05) is 40.8 Å². The van der Waals surface area contributed by atoms with Gasteiger partial charge in [0.25, 0.3) is 5.91 Å². The Morgan fingerprint density at radius 2 is 1.81 bits per heavy atom. The zero-order valence-electron chi connectivity index (χ0n) is 19.1. The molecule has 0 spiro atoms. The number of sulfone groups is 1. The fourth-order valence-electron chi connectivity index (χ4n) is 3.98. The van der Waals surface area contributed by atoms with Crippen LogP contribution >= 0.6 is 34.2 Å². The van der Waals surface area contributed by atoms with Crippen LogP contribution in [0.15, 0.2) is 24.3 Å². The van der Waals surface area contributed by atoms with Gasteiger partial charge in [-0.05, 0) is 62.2 Å². The van der Waals surface area contributed by atoms with E-state index in [4.69, 9.17) is 17.3 Å². The largest absolute Gasteiger partial charge is 0.369 e. The Bertz CT molecular complexity index is 945. The van der Waals surface area contributed by atoms with Crippen LogP contribution in [0.5, 0.6) is 0 Å². The van der Waals surface area contributed by atoms with Crippen molar-refractivity contribution >= 4 is 61.5 Å². The first-order chi connectivity index (χ1) is 15.0. The molecule has 0 atom stereocenters. The van der Waals surface area contributed by atoms with Crippen molar-refractivity contribution in [3.8, 4) is 0 Å². The van der Waals surface area contributed by atoms with Gasteiger partial charge >= 0.3 is 0 Å². The van der Waals surface area contributed by atoms with Crippen molar-refractivity contribution < 1.29 is 18.0 Å². The predicted octanol–water partition coefficient (Wildman–Crippen LogP) is 3.65. The van der Waals surface area contributed by atoms with E-state index in [0.29, 0.717) is 30.0 Å². The highest BCUT2D eigenvalue weighted by molar-refractivity contribution is 14.1. The molecule has 2 rings (SSSR count). The molecule has 1 saturated carbocycles. The number of amides is 2. The fraction of sp³-hybridized carbons (Fsp3) is 0.545. The molecule has 1 aliphatic carbocycles. The zero-order valence-corrected chi connectivity index (χ0v) is 22.8. The lowest BCUT2D eigenvalue weighted by Crippen LogP contribution is -2.41. The van der Waals surface area contributed by atoms with E-state index >= 15 is 0 Å². The summed E-state index contributed by atoms with van der Waals surface area (Å²) in [4.78, 5) is 28.0. The molecule has 0 bridgehead atoms. The molecule has 0 radical (unpaired) electrons. The maximum Gasteiger partial charge on any atom is 0.251 e. The summed E-state index contributed by atoms with van der Waals surface area (Å²) in [6.45, 7) is 8.08. The SMILES string of the molecule is C=C(CNC(=O)c1cc(Cl)cc(N(CC)C2CCC(S(C)(=O)=O)CC2)c1C)C(N)=O.CI. The zero-order chi connectivity index (χ0) is 24.6. The standard InChI is InChI=1S/C21H30ClN3O4S.CH3I/c1-5-25(16-6-8-17(9-7-16)30(4,28)29)19-11-15(22)10-18(14(19)3)21(27)24-12-13(2)20(23)26;1-2/h10-11,16-17H,2,5-9,12H2,1,3-4H3,(H2,23,26)(H,24,27);1H3. The van der Waals surface area contributed by atoms with Crippen LogP contribution < -0.4 is 16.0 Å². The topological polar surface area (TPSA) is 110 Å². The molecule has 0 unspecified atom stereocenters. The lowest BCUT2D eigenvalue weighted by Gasteiger charge is -2.38. The number of primary amides is 1. The summed E-state index contributed by atoms with van der Waals surface area (Å²) in [5.74, 6) is -1.03. The Labute approximate surface area is 210 Å². The van der Waals surface area contributed by atoms with Gasteiger partial charge in [-0.2, -0.15) is 0 Å².